The Kier molecular flexibility index (Phi) is 5.18. The predicted octanol–water partition coefficient (Wildman–Crippen LogP) is 2.85. The fourth-order valence-electron chi connectivity index (χ4n) is 3.14. The largest absolute Gasteiger partial charge is 0.460 e. The molecule has 2 atom stereocenters. The number of aromatic nitrogens is 2. The molecule has 1 N–H and O–H groups in total. The maximum atomic E-state index is 12.5. The summed E-state index contributed by atoms with van der Waals surface area (Å²) in [6, 6.07) is 5.72. The van der Waals surface area contributed by atoms with Crippen LogP contribution in [-0.4, -0.2) is 34.8 Å². The van der Waals surface area contributed by atoms with Crippen molar-refractivity contribution in [3.05, 3.63) is 36.3 Å². The first kappa shape index (κ1) is 17.6. The second-order valence-corrected chi connectivity index (χ2v) is 7.52. The number of hydrogen-bond donors (Lipinski definition) is 1. The number of nitrogens with one attached hydrogen (secondary N) is 1. The van der Waals surface area contributed by atoms with Crippen molar-refractivity contribution in [3.63, 3.8) is 0 Å². The van der Waals surface area contributed by atoms with Crippen molar-refractivity contribution in [1.29, 1.82) is 0 Å². The van der Waals surface area contributed by atoms with E-state index in [1.165, 1.54) is 0 Å². The molecule has 0 amide bonds. The molecule has 0 spiro atoms. The maximum absolute atomic E-state index is 12.5. The maximum Gasteiger partial charge on any atom is 0.311 e. The molecule has 0 saturated carbocycles. The van der Waals surface area contributed by atoms with E-state index in [0.29, 0.717) is 13.0 Å². The lowest BCUT2D eigenvalue weighted by molar-refractivity contribution is -0.162. The summed E-state index contributed by atoms with van der Waals surface area (Å²) < 4.78 is 11.0. The average molecular weight is 343 g/mol. The van der Waals surface area contributed by atoms with Gasteiger partial charge in [-0.1, -0.05) is 5.16 Å². The summed E-state index contributed by atoms with van der Waals surface area (Å²) >= 11 is 0. The Bertz CT molecular complexity index is 706. The molecule has 0 radical (unpaired) electrons. The van der Waals surface area contributed by atoms with Crippen molar-refractivity contribution in [3.8, 4) is 11.3 Å². The summed E-state index contributed by atoms with van der Waals surface area (Å²) in [7, 11) is 0. The summed E-state index contributed by atoms with van der Waals surface area (Å²) in [5, 5.41) is 7.48. The van der Waals surface area contributed by atoms with Gasteiger partial charge < -0.3 is 14.6 Å². The summed E-state index contributed by atoms with van der Waals surface area (Å²) in [6.07, 6.45) is 5.08. The van der Waals surface area contributed by atoms with Gasteiger partial charge >= 0.3 is 5.97 Å². The van der Waals surface area contributed by atoms with E-state index >= 15 is 0 Å². The van der Waals surface area contributed by atoms with Crippen LogP contribution in [0.5, 0.6) is 0 Å². The highest BCUT2D eigenvalue weighted by Gasteiger charge is 2.34. The van der Waals surface area contributed by atoms with Crippen LogP contribution >= 0.6 is 0 Å². The molecule has 25 heavy (non-hydrogen) atoms. The monoisotopic (exact) mass is 343 g/mol. The number of ether oxygens (including phenoxy) is 1. The van der Waals surface area contributed by atoms with Crippen LogP contribution in [0.1, 0.15) is 32.9 Å². The summed E-state index contributed by atoms with van der Waals surface area (Å²) in [4.78, 5) is 16.5. The number of rotatable bonds is 4. The molecule has 0 aliphatic carbocycles. The number of carbonyl (C=O) groups is 1. The zero-order valence-electron chi connectivity index (χ0n) is 15.0. The number of hydrogen-bond acceptors (Lipinski definition) is 6. The van der Waals surface area contributed by atoms with Gasteiger partial charge in [-0.3, -0.25) is 9.78 Å². The van der Waals surface area contributed by atoms with Crippen molar-refractivity contribution in [1.82, 2.24) is 15.5 Å². The minimum atomic E-state index is -0.471. The Morgan fingerprint density at radius 2 is 2.12 bits per heavy atom. The van der Waals surface area contributed by atoms with Crippen molar-refractivity contribution >= 4 is 5.97 Å². The lowest BCUT2D eigenvalue weighted by Crippen LogP contribution is -2.44. The molecule has 1 aliphatic heterocycles. The first-order valence-corrected chi connectivity index (χ1v) is 8.72. The molecule has 6 heteroatoms. The SMILES string of the molecule is CC(C)(C)OC(=O)C1CNCCC1Cc1cc(-c2ccncc2)on1. The Morgan fingerprint density at radius 3 is 2.84 bits per heavy atom. The summed E-state index contributed by atoms with van der Waals surface area (Å²) in [6.45, 7) is 7.24. The molecule has 2 unspecified atom stereocenters. The zero-order chi connectivity index (χ0) is 17.9. The van der Waals surface area contributed by atoms with Gasteiger partial charge in [-0.05, 0) is 58.2 Å². The molecule has 2 aromatic heterocycles. The van der Waals surface area contributed by atoms with Crippen molar-refractivity contribution in [2.24, 2.45) is 11.8 Å². The molecule has 3 rings (SSSR count). The molecule has 6 nitrogen and oxygen atoms in total. The van der Waals surface area contributed by atoms with Crippen molar-refractivity contribution in [2.75, 3.05) is 13.1 Å². The second-order valence-electron chi connectivity index (χ2n) is 7.52. The van der Waals surface area contributed by atoms with E-state index in [0.717, 1.165) is 30.0 Å². The van der Waals surface area contributed by atoms with E-state index < -0.39 is 5.60 Å². The fraction of sp³-hybridized carbons (Fsp3) is 0.526. The number of esters is 1. The molecular weight excluding hydrogens is 318 g/mol. The number of nitrogens with zero attached hydrogens (tertiary/aromatic N) is 2. The fourth-order valence-corrected chi connectivity index (χ4v) is 3.14. The van der Waals surface area contributed by atoms with E-state index in [2.05, 4.69) is 15.5 Å². The van der Waals surface area contributed by atoms with Crippen LogP contribution in [-0.2, 0) is 16.0 Å². The van der Waals surface area contributed by atoms with Gasteiger partial charge in [-0.15, -0.1) is 0 Å². The van der Waals surface area contributed by atoms with Gasteiger partial charge in [0.1, 0.15) is 5.60 Å². The standard InChI is InChI=1S/C19H25N3O3/c1-19(2,3)24-18(23)16-12-21-9-6-14(16)10-15-11-17(25-22-15)13-4-7-20-8-5-13/h4-5,7-8,11,14,16,21H,6,9-10,12H2,1-3H3. The van der Waals surface area contributed by atoms with Gasteiger partial charge in [0.15, 0.2) is 5.76 Å². The van der Waals surface area contributed by atoms with Gasteiger partial charge in [-0.25, -0.2) is 0 Å². The smallest absolute Gasteiger partial charge is 0.311 e. The molecule has 1 saturated heterocycles. The predicted molar refractivity (Wildman–Crippen MR) is 93.7 cm³/mol. The third kappa shape index (κ3) is 4.66. The average Bonchev–Trinajstić information content (AvgIpc) is 3.03. The van der Waals surface area contributed by atoms with Crippen LogP contribution in [0.4, 0.5) is 0 Å². The Labute approximate surface area is 148 Å². The molecule has 134 valence electrons. The molecule has 1 fully saturated rings. The minimum Gasteiger partial charge on any atom is -0.460 e. The normalized spacial score (nSPS) is 21.1. The van der Waals surface area contributed by atoms with E-state index in [-0.39, 0.29) is 17.8 Å². The summed E-state index contributed by atoms with van der Waals surface area (Å²) in [5.41, 5.74) is 1.34. The van der Waals surface area contributed by atoms with Crippen LogP contribution in [0.15, 0.2) is 35.1 Å². The van der Waals surface area contributed by atoms with Crippen LogP contribution in [0.3, 0.4) is 0 Å². The van der Waals surface area contributed by atoms with Gasteiger partial charge in [0.2, 0.25) is 0 Å². The van der Waals surface area contributed by atoms with Crippen LogP contribution in [0.2, 0.25) is 0 Å². The van der Waals surface area contributed by atoms with Crippen LogP contribution in [0.25, 0.3) is 11.3 Å². The van der Waals surface area contributed by atoms with Gasteiger partial charge in [0.05, 0.1) is 11.6 Å². The van der Waals surface area contributed by atoms with Crippen molar-refractivity contribution < 1.29 is 14.1 Å². The third-order valence-corrected chi connectivity index (χ3v) is 4.33. The molecule has 0 bridgehead atoms. The molecule has 0 aromatic carbocycles. The van der Waals surface area contributed by atoms with E-state index in [9.17, 15) is 4.79 Å². The third-order valence-electron chi connectivity index (χ3n) is 4.33. The molecule has 1 aliphatic rings. The first-order valence-electron chi connectivity index (χ1n) is 8.72. The second kappa shape index (κ2) is 7.35. The Hall–Kier alpha value is -2.21. The number of carbonyl (C=O) groups excluding carboxylic acids is 1. The Morgan fingerprint density at radius 1 is 1.36 bits per heavy atom. The molecular formula is C19H25N3O3. The summed E-state index contributed by atoms with van der Waals surface area (Å²) in [5.74, 6) is 0.628. The quantitative estimate of drug-likeness (QED) is 0.860. The first-order chi connectivity index (χ1) is 11.9. The molecule has 3 heterocycles. The van der Waals surface area contributed by atoms with E-state index in [4.69, 9.17) is 9.26 Å². The van der Waals surface area contributed by atoms with Crippen LogP contribution < -0.4 is 5.32 Å². The number of pyridine rings is 1. The Balaban J connectivity index is 1.70. The van der Waals surface area contributed by atoms with Crippen LogP contribution in [0, 0.1) is 11.8 Å². The minimum absolute atomic E-state index is 0.137. The highest BCUT2D eigenvalue weighted by molar-refractivity contribution is 5.73. The lowest BCUT2D eigenvalue weighted by atomic mass is 9.83. The zero-order valence-corrected chi connectivity index (χ0v) is 15.0. The van der Waals surface area contributed by atoms with Gasteiger partial charge in [0.25, 0.3) is 0 Å². The number of piperidine rings is 1. The van der Waals surface area contributed by atoms with E-state index in [1.54, 1.807) is 12.4 Å². The lowest BCUT2D eigenvalue weighted by Gasteiger charge is -2.32. The van der Waals surface area contributed by atoms with E-state index in [1.807, 2.05) is 39.0 Å². The molecule has 2 aromatic rings. The van der Waals surface area contributed by atoms with Gasteiger partial charge in [-0.2, -0.15) is 0 Å². The highest BCUT2D eigenvalue weighted by atomic mass is 16.6. The van der Waals surface area contributed by atoms with Crippen molar-refractivity contribution in [2.45, 2.75) is 39.2 Å². The topological polar surface area (TPSA) is 77.2 Å². The van der Waals surface area contributed by atoms with Gasteiger partial charge in [0, 0.05) is 30.6 Å². The highest BCUT2D eigenvalue weighted by Crippen LogP contribution is 2.28.